The minimum Gasteiger partial charge on any atom is -0.384 e. The smallest absolute Gasteiger partial charge is 0.224 e. The number of amides is 1. The molecule has 0 aromatic heterocycles. The van der Waals surface area contributed by atoms with Crippen molar-refractivity contribution in [3.8, 4) is 0 Å². The molecule has 0 spiro atoms. The molecule has 0 atom stereocenters. The third-order valence-corrected chi connectivity index (χ3v) is 5.47. The SMILES string of the molecule is CCc1cccc(CC)c1NCCC(=O)N1CCN(c2ccccc2F)CC1. The van der Waals surface area contributed by atoms with Gasteiger partial charge in [0.05, 0.1) is 5.69 Å². The second-order valence-corrected chi connectivity index (χ2v) is 7.15. The van der Waals surface area contributed by atoms with E-state index in [9.17, 15) is 9.18 Å². The van der Waals surface area contributed by atoms with Crippen molar-refractivity contribution in [1.29, 1.82) is 0 Å². The average Bonchev–Trinajstić information content (AvgIpc) is 2.74. The summed E-state index contributed by atoms with van der Waals surface area (Å²) in [6, 6.07) is 13.2. The maximum atomic E-state index is 14.0. The molecule has 150 valence electrons. The lowest BCUT2D eigenvalue weighted by Gasteiger charge is -2.36. The van der Waals surface area contributed by atoms with Crippen molar-refractivity contribution >= 4 is 17.3 Å². The monoisotopic (exact) mass is 383 g/mol. The molecule has 1 heterocycles. The van der Waals surface area contributed by atoms with Gasteiger partial charge in [-0.25, -0.2) is 4.39 Å². The van der Waals surface area contributed by atoms with Crippen LogP contribution in [-0.2, 0) is 17.6 Å². The average molecular weight is 384 g/mol. The minimum absolute atomic E-state index is 0.160. The molecule has 0 saturated carbocycles. The summed E-state index contributed by atoms with van der Waals surface area (Å²) in [5, 5.41) is 3.49. The number of piperazine rings is 1. The van der Waals surface area contributed by atoms with Crippen LogP contribution in [0.1, 0.15) is 31.4 Å². The highest BCUT2D eigenvalue weighted by Gasteiger charge is 2.22. The van der Waals surface area contributed by atoms with Crippen LogP contribution in [0, 0.1) is 5.82 Å². The van der Waals surface area contributed by atoms with Crippen LogP contribution >= 0.6 is 0 Å². The number of hydrogen-bond acceptors (Lipinski definition) is 3. The van der Waals surface area contributed by atoms with Crippen molar-refractivity contribution in [2.75, 3.05) is 42.9 Å². The highest BCUT2D eigenvalue weighted by molar-refractivity contribution is 5.77. The number of rotatable bonds is 7. The summed E-state index contributed by atoms with van der Waals surface area (Å²) in [6.07, 6.45) is 2.42. The summed E-state index contributed by atoms with van der Waals surface area (Å²) in [5.41, 5.74) is 4.40. The topological polar surface area (TPSA) is 35.6 Å². The van der Waals surface area contributed by atoms with Crippen LogP contribution in [0.4, 0.5) is 15.8 Å². The summed E-state index contributed by atoms with van der Waals surface area (Å²) < 4.78 is 14.0. The summed E-state index contributed by atoms with van der Waals surface area (Å²) in [7, 11) is 0. The van der Waals surface area contributed by atoms with Crippen LogP contribution in [0.25, 0.3) is 0 Å². The van der Waals surface area contributed by atoms with Crippen molar-refractivity contribution in [2.45, 2.75) is 33.1 Å². The summed E-state index contributed by atoms with van der Waals surface area (Å²) >= 11 is 0. The van der Waals surface area contributed by atoms with E-state index in [1.807, 2.05) is 15.9 Å². The Bertz CT molecular complexity index is 778. The van der Waals surface area contributed by atoms with Gasteiger partial charge < -0.3 is 15.1 Å². The van der Waals surface area contributed by atoms with E-state index < -0.39 is 0 Å². The number of halogens is 1. The number of anilines is 2. The Morgan fingerprint density at radius 3 is 2.21 bits per heavy atom. The number of para-hydroxylation sites is 2. The summed E-state index contributed by atoms with van der Waals surface area (Å²) in [4.78, 5) is 16.5. The Labute approximate surface area is 167 Å². The third kappa shape index (κ3) is 4.64. The molecule has 2 aromatic rings. The van der Waals surface area contributed by atoms with E-state index in [-0.39, 0.29) is 11.7 Å². The molecule has 28 heavy (non-hydrogen) atoms. The maximum Gasteiger partial charge on any atom is 0.224 e. The minimum atomic E-state index is -0.201. The molecule has 1 aliphatic rings. The highest BCUT2D eigenvalue weighted by Crippen LogP contribution is 2.23. The normalized spacial score (nSPS) is 14.2. The molecule has 2 aromatic carbocycles. The largest absolute Gasteiger partial charge is 0.384 e. The Hall–Kier alpha value is -2.56. The van der Waals surface area contributed by atoms with E-state index in [1.165, 1.54) is 22.9 Å². The fourth-order valence-electron chi connectivity index (χ4n) is 3.83. The van der Waals surface area contributed by atoms with Crippen molar-refractivity contribution in [2.24, 2.45) is 0 Å². The Morgan fingerprint density at radius 1 is 0.964 bits per heavy atom. The molecule has 0 radical (unpaired) electrons. The van der Waals surface area contributed by atoms with Gasteiger partial charge >= 0.3 is 0 Å². The lowest BCUT2D eigenvalue weighted by atomic mass is 10.0. The molecule has 5 heteroatoms. The van der Waals surface area contributed by atoms with Crippen LogP contribution in [0.5, 0.6) is 0 Å². The van der Waals surface area contributed by atoms with Crippen LogP contribution in [0.15, 0.2) is 42.5 Å². The van der Waals surface area contributed by atoms with Gasteiger partial charge in [-0.1, -0.05) is 44.2 Å². The first kappa shape index (κ1) is 20.2. The van der Waals surface area contributed by atoms with Gasteiger partial charge in [-0.3, -0.25) is 4.79 Å². The molecular weight excluding hydrogens is 353 g/mol. The molecule has 1 amide bonds. The second-order valence-electron chi connectivity index (χ2n) is 7.15. The van der Waals surface area contributed by atoms with Crippen LogP contribution < -0.4 is 10.2 Å². The van der Waals surface area contributed by atoms with Gasteiger partial charge in [-0.2, -0.15) is 0 Å². The van der Waals surface area contributed by atoms with Gasteiger partial charge in [0.2, 0.25) is 5.91 Å². The molecule has 1 saturated heterocycles. The number of hydrogen-bond donors (Lipinski definition) is 1. The van der Waals surface area contributed by atoms with Gasteiger partial charge in [-0.05, 0) is 36.1 Å². The highest BCUT2D eigenvalue weighted by atomic mass is 19.1. The molecule has 0 unspecified atom stereocenters. The van der Waals surface area contributed by atoms with E-state index in [0.717, 1.165) is 12.8 Å². The van der Waals surface area contributed by atoms with Gasteiger partial charge in [0.15, 0.2) is 0 Å². The second kappa shape index (κ2) is 9.58. The van der Waals surface area contributed by atoms with E-state index in [1.54, 1.807) is 12.1 Å². The Balaban J connectivity index is 1.50. The number of benzene rings is 2. The predicted octanol–water partition coefficient (Wildman–Crippen LogP) is 4.10. The van der Waals surface area contributed by atoms with Crippen LogP contribution in [0.2, 0.25) is 0 Å². The van der Waals surface area contributed by atoms with Gasteiger partial charge in [0, 0.05) is 44.8 Å². The maximum absolute atomic E-state index is 14.0. The standard InChI is InChI=1S/C23H30FN3O/c1-3-18-8-7-9-19(4-2)23(18)25-13-12-22(28)27-16-14-26(15-17-27)21-11-6-5-10-20(21)24/h5-11,25H,3-4,12-17H2,1-2H3. The zero-order valence-corrected chi connectivity index (χ0v) is 16.9. The lowest BCUT2D eigenvalue weighted by Crippen LogP contribution is -2.49. The number of nitrogens with one attached hydrogen (secondary N) is 1. The number of carbonyl (C=O) groups excluding carboxylic acids is 1. The number of carbonyl (C=O) groups is 1. The first-order valence-electron chi connectivity index (χ1n) is 10.3. The number of nitrogens with zero attached hydrogens (tertiary/aromatic N) is 2. The molecule has 0 aliphatic carbocycles. The molecule has 4 nitrogen and oxygen atoms in total. The lowest BCUT2D eigenvalue weighted by molar-refractivity contribution is -0.131. The van der Waals surface area contributed by atoms with Gasteiger partial charge in [-0.15, -0.1) is 0 Å². The zero-order chi connectivity index (χ0) is 19.9. The van der Waals surface area contributed by atoms with Crippen LogP contribution in [0.3, 0.4) is 0 Å². The molecule has 1 aliphatic heterocycles. The van der Waals surface area contributed by atoms with E-state index >= 15 is 0 Å². The van der Waals surface area contributed by atoms with Crippen molar-refractivity contribution < 1.29 is 9.18 Å². The fraction of sp³-hybridized carbons (Fsp3) is 0.435. The number of aryl methyl sites for hydroxylation is 2. The van der Waals surface area contributed by atoms with E-state index in [4.69, 9.17) is 0 Å². The first-order chi connectivity index (χ1) is 13.6. The predicted molar refractivity (Wildman–Crippen MR) is 113 cm³/mol. The molecule has 1 fully saturated rings. The molecular formula is C23H30FN3O. The Kier molecular flexibility index (Phi) is 6.90. The van der Waals surface area contributed by atoms with Crippen molar-refractivity contribution in [3.05, 3.63) is 59.4 Å². The van der Waals surface area contributed by atoms with Gasteiger partial charge in [0.25, 0.3) is 0 Å². The molecule has 0 bridgehead atoms. The van der Waals surface area contributed by atoms with Crippen molar-refractivity contribution in [1.82, 2.24) is 4.90 Å². The van der Waals surface area contributed by atoms with E-state index in [2.05, 4.69) is 37.4 Å². The Morgan fingerprint density at radius 2 is 1.61 bits per heavy atom. The quantitative estimate of drug-likeness (QED) is 0.782. The van der Waals surface area contributed by atoms with Gasteiger partial charge in [0.1, 0.15) is 5.82 Å². The summed E-state index contributed by atoms with van der Waals surface area (Å²) in [6.45, 7) is 7.55. The van der Waals surface area contributed by atoms with Crippen LogP contribution in [-0.4, -0.2) is 43.5 Å². The van der Waals surface area contributed by atoms with E-state index in [0.29, 0.717) is 44.8 Å². The van der Waals surface area contributed by atoms with Crippen molar-refractivity contribution in [3.63, 3.8) is 0 Å². The summed E-state index contributed by atoms with van der Waals surface area (Å²) in [5.74, 6) is -0.0412. The molecule has 3 rings (SSSR count). The third-order valence-electron chi connectivity index (χ3n) is 5.47. The zero-order valence-electron chi connectivity index (χ0n) is 16.9. The molecule has 1 N–H and O–H groups in total. The fourth-order valence-corrected chi connectivity index (χ4v) is 3.83. The first-order valence-corrected chi connectivity index (χ1v) is 10.3.